The van der Waals surface area contributed by atoms with Crippen LogP contribution in [0.4, 0.5) is 5.13 Å². The Kier molecular flexibility index (Phi) is 3.73. The van der Waals surface area contributed by atoms with Crippen LogP contribution in [-0.2, 0) is 10.0 Å². The van der Waals surface area contributed by atoms with Crippen molar-refractivity contribution < 1.29 is 18.3 Å². The van der Waals surface area contributed by atoms with Gasteiger partial charge < -0.3 is 5.11 Å². The molecular formula is C11H11N3O4S2. The maximum Gasteiger partial charge on any atom is 0.335 e. The van der Waals surface area contributed by atoms with Crippen molar-refractivity contribution in [2.45, 2.75) is 18.7 Å². The highest BCUT2D eigenvalue weighted by atomic mass is 32.2. The number of aromatic nitrogens is 2. The van der Waals surface area contributed by atoms with Crippen LogP contribution in [0.5, 0.6) is 0 Å². The lowest BCUT2D eigenvalue weighted by Gasteiger charge is -2.08. The highest BCUT2D eigenvalue weighted by molar-refractivity contribution is 7.93. The van der Waals surface area contributed by atoms with Crippen LogP contribution in [0.3, 0.4) is 0 Å². The number of carboxylic acids is 1. The lowest BCUT2D eigenvalue weighted by Crippen LogP contribution is -2.15. The lowest BCUT2D eigenvalue weighted by atomic mass is 10.1. The Balaban J connectivity index is 2.43. The quantitative estimate of drug-likeness (QED) is 0.888. The number of aryl methyl sites for hydroxylation is 2. The minimum Gasteiger partial charge on any atom is -0.478 e. The van der Waals surface area contributed by atoms with Crippen LogP contribution >= 0.6 is 11.3 Å². The Morgan fingerprint density at radius 1 is 1.30 bits per heavy atom. The molecule has 1 aromatic carbocycles. The SMILES string of the molecule is Cc1nnc(NS(=O)(=O)c2cc(C(=O)O)ccc2C)s1. The predicted molar refractivity (Wildman–Crippen MR) is 73.6 cm³/mol. The lowest BCUT2D eigenvalue weighted by molar-refractivity contribution is 0.0696. The van der Waals surface area contributed by atoms with Crippen molar-refractivity contribution >= 4 is 32.5 Å². The number of carboxylic acid groups (broad SMARTS) is 1. The summed E-state index contributed by atoms with van der Waals surface area (Å²) in [4.78, 5) is 10.8. The fourth-order valence-corrected chi connectivity index (χ4v) is 3.62. The minimum atomic E-state index is -3.89. The Bertz CT molecular complexity index is 768. The first-order valence-corrected chi connectivity index (χ1v) is 7.76. The van der Waals surface area contributed by atoms with Crippen LogP contribution in [0.15, 0.2) is 23.1 Å². The van der Waals surface area contributed by atoms with Crippen molar-refractivity contribution in [1.29, 1.82) is 0 Å². The topological polar surface area (TPSA) is 109 Å². The largest absolute Gasteiger partial charge is 0.478 e. The number of sulfonamides is 1. The molecule has 0 aliphatic heterocycles. The van der Waals surface area contributed by atoms with Gasteiger partial charge in [-0.1, -0.05) is 17.4 Å². The maximum atomic E-state index is 12.2. The van der Waals surface area contributed by atoms with Crippen LogP contribution < -0.4 is 4.72 Å². The minimum absolute atomic E-state index is 0.0924. The fourth-order valence-electron chi connectivity index (χ4n) is 1.53. The van der Waals surface area contributed by atoms with Gasteiger partial charge in [-0.3, -0.25) is 4.72 Å². The molecule has 20 heavy (non-hydrogen) atoms. The summed E-state index contributed by atoms with van der Waals surface area (Å²) in [5.74, 6) is -1.19. The van der Waals surface area contributed by atoms with E-state index in [0.29, 0.717) is 10.6 Å². The zero-order chi connectivity index (χ0) is 14.9. The molecule has 0 saturated heterocycles. The molecule has 0 aliphatic rings. The summed E-state index contributed by atoms with van der Waals surface area (Å²) in [6.07, 6.45) is 0. The van der Waals surface area contributed by atoms with E-state index in [1.54, 1.807) is 13.8 Å². The third-order valence-electron chi connectivity index (χ3n) is 2.47. The van der Waals surface area contributed by atoms with Gasteiger partial charge in [0.2, 0.25) is 5.13 Å². The van der Waals surface area contributed by atoms with Crippen LogP contribution in [0.2, 0.25) is 0 Å². The number of rotatable bonds is 4. The molecule has 0 bridgehead atoms. The van der Waals surface area contributed by atoms with Crippen molar-refractivity contribution in [2.24, 2.45) is 0 Å². The Morgan fingerprint density at radius 3 is 2.55 bits per heavy atom. The van der Waals surface area contributed by atoms with E-state index in [0.717, 1.165) is 17.4 Å². The van der Waals surface area contributed by atoms with Crippen molar-refractivity contribution in [2.75, 3.05) is 4.72 Å². The van der Waals surface area contributed by atoms with Gasteiger partial charge in [-0.2, -0.15) is 0 Å². The summed E-state index contributed by atoms with van der Waals surface area (Å²) >= 11 is 1.10. The number of anilines is 1. The first-order chi connectivity index (χ1) is 9.29. The Morgan fingerprint density at radius 2 is 2.00 bits per heavy atom. The zero-order valence-corrected chi connectivity index (χ0v) is 12.2. The standard InChI is InChI=1S/C11H11N3O4S2/c1-6-3-4-8(10(15)16)5-9(6)20(17,18)14-11-13-12-7(2)19-11/h3-5H,1-2H3,(H,13,14)(H,15,16). The molecule has 1 aromatic heterocycles. The molecule has 0 saturated carbocycles. The zero-order valence-electron chi connectivity index (χ0n) is 10.6. The highest BCUT2D eigenvalue weighted by Crippen LogP contribution is 2.22. The molecule has 0 radical (unpaired) electrons. The molecule has 7 nitrogen and oxygen atoms in total. The van der Waals surface area contributed by atoms with Crippen LogP contribution in [-0.4, -0.2) is 29.7 Å². The first kappa shape index (κ1) is 14.4. The number of carbonyl (C=O) groups is 1. The Labute approximate surface area is 119 Å². The normalized spacial score (nSPS) is 11.3. The number of benzene rings is 1. The van der Waals surface area contributed by atoms with Crippen molar-refractivity contribution in [1.82, 2.24) is 10.2 Å². The average molecular weight is 313 g/mol. The molecule has 106 valence electrons. The summed E-state index contributed by atoms with van der Waals surface area (Å²) < 4.78 is 26.8. The molecule has 0 amide bonds. The molecule has 0 unspecified atom stereocenters. The van der Waals surface area contributed by atoms with Gasteiger partial charge in [-0.25, -0.2) is 13.2 Å². The molecule has 0 atom stereocenters. The smallest absolute Gasteiger partial charge is 0.335 e. The van der Waals surface area contributed by atoms with E-state index in [4.69, 9.17) is 5.11 Å². The molecule has 2 rings (SSSR count). The molecule has 0 fully saturated rings. The summed E-state index contributed by atoms with van der Waals surface area (Å²) in [5.41, 5.74) is 0.355. The highest BCUT2D eigenvalue weighted by Gasteiger charge is 2.20. The van der Waals surface area contributed by atoms with Gasteiger partial charge in [-0.15, -0.1) is 10.2 Å². The van der Waals surface area contributed by atoms with Crippen LogP contribution in [0.1, 0.15) is 20.9 Å². The van der Waals surface area contributed by atoms with Crippen LogP contribution in [0.25, 0.3) is 0 Å². The summed E-state index contributed by atoms with van der Waals surface area (Å²) in [5, 5.41) is 17.1. The second-order valence-corrected chi connectivity index (χ2v) is 6.85. The fraction of sp³-hybridized carbons (Fsp3) is 0.182. The van der Waals surface area contributed by atoms with Gasteiger partial charge >= 0.3 is 5.97 Å². The monoisotopic (exact) mass is 313 g/mol. The summed E-state index contributed by atoms with van der Waals surface area (Å²) in [6, 6.07) is 3.92. The number of hydrogen-bond acceptors (Lipinski definition) is 6. The van der Waals surface area contributed by atoms with Gasteiger partial charge in [0, 0.05) is 0 Å². The molecule has 0 spiro atoms. The molecule has 1 heterocycles. The van der Waals surface area contributed by atoms with Crippen molar-refractivity contribution in [3.8, 4) is 0 Å². The van der Waals surface area contributed by atoms with Gasteiger partial charge in [-0.05, 0) is 31.5 Å². The third-order valence-corrected chi connectivity index (χ3v) is 4.84. The maximum absolute atomic E-state index is 12.2. The van der Waals surface area contributed by atoms with Gasteiger partial charge in [0.05, 0.1) is 10.5 Å². The van der Waals surface area contributed by atoms with Crippen molar-refractivity contribution in [3.63, 3.8) is 0 Å². The van der Waals surface area contributed by atoms with Crippen molar-refractivity contribution in [3.05, 3.63) is 34.3 Å². The van der Waals surface area contributed by atoms with Gasteiger partial charge in [0.15, 0.2) is 0 Å². The second-order valence-electron chi connectivity index (χ2n) is 4.02. The predicted octanol–water partition coefficient (Wildman–Crippen LogP) is 1.65. The summed E-state index contributed by atoms with van der Waals surface area (Å²) in [6.45, 7) is 3.29. The third kappa shape index (κ3) is 2.94. The first-order valence-electron chi connectivity index (χ1n) is 5.46. The van der Waals surface area contributed by atoms with Crippen LogP contribution in [0, 0.1) is 13.8 Å². The van der Waals surface area contributed by atoms with Gasteiger partial charge in [0.25, 0.3) is 10.0 Å². The van der Waals surface area contributed by atoms with E-state index in [-0.39, 0.29) is 15.6 Å². The van der Waals surface area contributed by atoms with E-state index in [9.17, 15) is 13.2 Å². The molecule has 0 aliphatic carbocycles. The van der Waals surface area contributed by atoms with E-state index >= 15 is 0 Å². The number of nitrogens with zero attached hydrogens (tertiary/aromatic N) is 2. The average Bonchev–Trinajstić information content (AvgIpc) is 2.73. The van der Waals surface area contributed by atoms with E-state index < -0.39 is 16.0 Å². The molecule has 2 N–H and O–H groups in total. The van der Waals surface area contributed by atoms with Gasteiger partial charge in [0.1, 0.15) is 5.01 Å². The number of hydrogen-bond donors (Lipinski definition) is 2. The number of aromatic carboxylic acids is 1. The van der Waals surface area contributed by atoms with E-state index in [1.807, 2.05) is 0 Å². The summed E-state index contributed by atoms with van der Waals surface area (Å²) in [7, 11) is -3.89. The molecule has 9 heteroatoms. The molecular weight excluding hydrogens is 302 g/mol. The number of nitrogens with one attached hydrogen (secondary N) is 1. The van der Waals surface area contributed by atoms with E-state index in [1.165, 1.54) is 12.1 Å². The molecule has 2 aromatic rings. The Hall–Kier alpha value is -2.00. The van der Waals surface area contributed by atoms with E-state index in [2.05, 4.69) is 14.9 Å². The second kappa shape index (κ2) is 5.17.